The lowest BCUT2D eigenvalue weighted by atomic mass is 10.2. The zero-order valence-corrected chi connectivity index (χ0v) is 10.9. The van der Waals surface area contributed by atoms with Crippen LogP contribution in [-0.4, -0.2) is 35.5 Å². The average molecular weight is 250 g/mol. The first kappa shape index (κ1) is 12.7. The lowest BCUT2D eigenvalue weighted by molar-refractivity contribution is 0.276. The second kappa shape index (κ2) is 5.27. The second-order valence-corrected chi connectivity index (χ2v) is 3.95. The van der Waals surface area contributed by atoms with Crippen LogP contribution in [0, 0.1) is 0 Å². The van der Waals surface area contributed by atoms with E-state index in [1.54, 1.807) is 14.2 Å². The summed E-state index contributed by atoms with van der Waals surface area (Å²) >= 11 is 0. The Morgan fingerprint density at radius 3 is 2.44 bits per heavy atom. The largest absolute Gasteiger partial charge is 0.493 e. The molecule has 98 valence electrons. The zero-order chi connectivity index (χ0) is 13.1. The third-order valence-corrected chi connectivity index (χ3v) is 2.97. The van der Waals surface area contributed by atoms with Gasteiger partial charge in [-0.25, -0.2) is 4.98 Å². The van der Waals surface area contributed by atoms with Crippen LogP contribution in [0.4, 0.5) is 0 Å². The maximum absolute atomic E-state index is 9.14. The summed E-state index contributed by atoms with van der Waals surface area (Å²) in [6, 6.07) is 3.76. The van der Waals surface area contributed by atoms with Crippen LogP contribution in [0.2, 0.25) is 0 Å². The van der Waals surface area contributed by atoms with Gasteiger partial charge in [0.05, 0.1) is 31.9 Å². The first-order valence-electron chi connectivity index (χ1n) is 5.97. The standard InChI is InChI=1S/C13H18N2O3/c1-4-13-14-9-7-11(17-2)12(18-3)8-10(9)15(13)5-6-16/h7-8,16H,4-6H2,1-3H3. The molecule has 0 aliphatic heterocycles. The molecule has 0 radical (unpaired) electrons. The van der Waals surface area contributed by atoms with E-state index in [2.05, 4.69) is 4.98 Å². The van der Waals surface area contributed by atoms with Crippen LogP contribution in [0.1, 0.15) is 12.7 Å². The summed E-state index contributed by atoms with van der Waals surface area (Å²) in [5.74, 6) is 2.29. The third kappa shape index (κ3) is 2.01. The molecule has 0 atom stereocenters. The van der Waals surface area contributed by atoms with Crippen molar-refractivity contribution in [1.82, 2.24) is 9.55 Å². The van der Waals surface area contributed by atoms with Crippen LogP contribution in [0.15, 0.2) is 12.1 Å². The third-order valence-electron chi connectivity index (χ3n) is 2.97. The Hall–Kier alpha value is -1.75. The number of imidazole rings is 1. The van der Waals surface area contributed by atoms with Crippen molar-refractivity contribution >= 4 is 11.0 Å². The van der Waals surface area contributed by atoms with Gasteiger partial charge in [0.25, 0.3) is 0 Å². The van der Waals surface area contributed by atoms with E-state index in [9.17, 15) is 0 Å². The normalized spacial score (nSPS) is 10.9. The van der Waals surface area contributed by atoms with Gasteiger partial charge in [0.1, 0.15) is 5.82 Å². The van der Waals surface area contributed by atoms with E-state index in [0.717, 1.165) is 23.3 Å². The number of aliphatic hydroxyl groups is 1. The smallest absolute Gasteiger partial charge is 0.163 e. The van der Waals surface area contributed by atoms with Crippen molar-refractivity contribution in [2.75, 3.05) is 20.8 Å². The van der Waals surface area contributed by atoms with Crippen molar-refractivity contribution in [2.24, 2.45) is 0 Å². The van der Waals surface area contributed by atoms with Crippen molar-refractivity contribution in [3.63, 3.8) is 0 Å². The monoisotopic (exact) mass is 250 g/mol. The Labute approximate surface area is 106 Å². The van der Waals surface area contributed by atoms with Gasteiger partial charge in [-0.1, -0.05) is 6.92 Å². The van der Waals surface area contributed by atoms with Crippen LogP contribution in [0.5, 0.6) is 11.5 Å². The molecular formula is C13H18N2O3. The molecular weight excluding hydrogens is 232 g/mol. The molecule has 1 aromatic carbocycles. The summed E-state index contributed by atoms with van der Waals surface area (Å²) in [5, 5.41) is 9.14. The molecule has 0 bridgehead atoms. The van der Waals surface area contributed by atoms with Crippen molar-refractivity contribution in [3.05, 3.63) is 18.0 Å². The van der Waals surface area contributed by atoms with Gasteiger partial charge in [0.15, 0.2) is 11.5 Å². The summed E-state index contributed by atoms with van der Waals surface area (Å²) in [7, 11) is 3.21. The molecule has 0 amide bonds. The first-order chi connectivity index (χ1) is 8.74. The molecule has 0 unspecified atom stereocenters. The van der Waals surface area contributed by atoms with Crippen molar-refractivity contribution in [2.45, 2.75) is 19.9 Å². The number of aliphatic hydroxyl groups excluding tert-OH is 1. The SMILES string of the molecule is CCc1nc2cc(OC)c(OC)cc2n1CCO. The fourth-order valence-corrected chi connectivity index (χ4v) is 2.12. The number of benzene rings is 1. The number of aryl methyl sites for hydroxylation is 1. The quantitative estimate of drug-likeness (QED) is 0.876. The summed E-state index contributed by atoms with van der Waals surface area (Å²) in [4.78, 5) is 4.55. The highest BCUT2D eigenvalue weighted by Crippen LogP contribution is 2.32. The maximum Gasteiger partial charge on any atom is 0.163 e. The predicted octanol–water partition coefficient (Wildman–Crippen LogP) is 1.61. The molecule has 0 aliphatic rings. The minimum atomic E-state index is 0.0901. The fraction of sp³-hybridized carbons (Fsp3) is 0.462. The molecule has 5 nitrogen and oxygen atoms in total. The van der Waals surface area contributed by atoms with E-state index in [-0.39, 0.29) is 6.61 Å². The molecule has 5 heteroatoms. The van der Waals surface area contributed by atoms with Gasteiger partial charge in [0, 0.05) is 25.1 Å². The number of ether oxygens (including phenoxy) is 2. The second-order valence-electron chi connectivity index (χ2n) is 3.95. The van der Waals surface area contributed by atoms with Gasteiger partial charge < -0.3 is 19.1 Å². The number of nitrogens with zero attached hydrogens (tertiary/aromatic N) is 2. The Bertz CT molecular complexity index is 549. The first-order valence-corrected chi connectivity index (χ1v) is 5.97. The number of hydrogen-bond acceptors (Lipinski definition) is 4. The van der Waals surface area contributed by atoms with Gasteiger partial charge in [0.2, 0.25) is 0 Å². The summed E-state index contributed by atoms with van der Waals surface area (Å²) < 4.78 is 12.6. The van der Waals surface area contributed by atoms with Gasteiger partial charge in [-0.05, 0) is 0 Å². The highest BCUT2D eigenvalue weighted by Gasteiger charge is 2.13. The van der Waals surface area contributed by atoms with Crippen molar-refractivity contribution < 1.29 is 14.6 Å². The number of methoxy groups -OCH3 is 2. The van der Waals surface area contributed by atoms with Crippen LogP contribution in [-0.2, 0) is 13.0 Å². The minimum absolute atomic E-state index is 0.0901. The zero-order valence-electron chi connectivity index (χ0n) is 10.9. The Morgan fingerprint density at radius 1 is 1.22 bits per heavy atom. The Morgan fingerprint density at radius 2 is 1.89 bits per heavy atom. The lowest BCUT2D eigenvalue weighted by Crippen LogP contribution is -2.06. The fourth-order valence-electron chi connectivity index (χ4n) is 2.12. The molecule has 0 spiro atoms. The number of fused-ring (bicyclic) bond motifs is 1. The molecule has 0 fully saturated rings. The van der Waals surface area contributed by atoms with E-state index in [4.69, 9.17) is 14.6 Å². The van der Waals surface area contributed by atoms with Crippen molar-refractivity contribution in [1.29, 1.82) is 0 Å². The average Bonchev–Trinajstić information content (AvgIpc) is 2.75. The molecule has 0 saturated heterocycles. The molecule has 1 heterocycles. The number of hydrogen-bond donors (Lipinski definition) is 1. The van der Waals surface area contributed by atoms with E-state index in [1.807, 2.05) is 23.6 Å². The Balaban J connectivity index is 2.66. The molecule has 0 aliphatic carbocycles. The predicted molar refractivity (Wildman–Crippen MR) is 69.3 cm³/mol. The molecule has 2 rings (SSSR count). The number of rotatable bonds is 5. The van der Waals surface area contributed by atoms with Gasteiger partial charge in [-0.15, -0.1) is 0 Å². The van der Waals surface area contributed by atoms with Crippen LogP contribution in [0.25, 0.3) is 11.0 Å². The van der Waals surface area contributed by atoms with Crippen LogP contribution in [0.3, 0.4) is 0 Å². The summed E-state index contributed by atoms with van der Waals surface area (Å²) in [5.41, 5.74) is 1.82. The Kier molecular flexibility index (Phi) is 3.72. The van der Waals surface area contributed by atoms with Crippen LogP contribution >= 0.6 is 0 Å². The van der Waals surface area contributed by atoms with E-state index >= 15 is 0 Å². The maximum atomic E-state index is 9.14. The molecule has 2 aromatic rings. The lowest BCUT2D eigenvalue weighted by Gasteiger charge is -2.09. The minimum Gasteiger partial charge on any atom is -0.493 e. The van der Waals surface area contributed by atoms with E-state index in [0.29, 0.717) is 18.0 Å². The highest BCUT2D eigenvalue weighted by molar-refractivity contribution is 5.80. The topological polar surface area (TPSA) is 56.5 Å². The van der Waals surface area contributed by atoms with Gasteiger partial charge >= 0.3 is 0 Å². The molecule has 1 N–H and O–H groups in total. The van der Waals surface area contributed by atoms with Gasteiger partial charge in [-0.2, -0.15) is 0 Å². The van der Waals surface area contributed by atoms with Crippen molar-refractivity contribution in [3.8, 4) is 11.5 Å². The van der Waals surface area contributed by atoms with E-state index < -0.39 is 0 Å². The van der Waals surface area contributed by atoms with Crippen LogP contribution < -0.4 is 9.47 Å². The number of aromatic nitrogens is 2. The highest BCUT2D eigenvalue weighted by atomic mass is 16.5. The van der Waals surface area contributed by atoms with Gasteiger partial charge in [-0.3, -0.25) is 0 Å². The summed E-state index contributed by atoms with van der Waals surface area (Å²) in [6.07, 6.45) is 0.819. The molecule has 1 aromatic heterocycles. The summed E-state index contributed by atoms with van der Waals surface area (Å²) in [6.45, 7) is 2.67. The molecule has 18 heavy (non-hydrogen) atoms. The van der Waals surface area contributed by atoms with E-state index in [1.165, 1.54) is 0 Å². The molecule has 0 saturated carbocycles.